The molecule has 3 rings (SSSR count). The maximum atomic E-state index is 11.6. The lowest BCUT2D eigenvalue weighted by Gasteiger charge is -2.21. The number of hydrogen-bond acceptors (Lipinski definition) is 3. The van der Waals surface area contributed by atoms with Gasteiger partial charge in [0.1, 0.15) is 4.75 Å². The van der Waals surface area contributed by atoms with Crippen molar-refractivity contribution < 1.29 is 9.90 Å². The molecule has 0 saturated carbocycles. The van der Waals surface area contributed by atoms with Crippen LogP contribution >= 0.6 is 11.8 Å². The Bertz CT molecular complexity index is 985. The Morgan fingerprint density at radius 2 is 1.72 bits per heavy atom. The average Bonchev–Trinajstić information content (AvgIpc) is 2.61. The van der Waals surface area contributed by atoms with E-state index in [1.54, 1.807) is 26.0 Å². The first kappa shape index (κ1) is 17.1. The molecule has 0 unspecified atom stereocenters. The normalized spacial score (nSPS) is 11.2. The minimum absolute atomic E-state index is 0.601. The van der Waals surface area contributed by atoms with E-state index in [0.29, 0.717) is 5.56 Å². The van der Waals surface area contributed by atoms with E-state index in [0.717, 1.165) is 26.8 Å². The maximum Gasteiger partial charge on any atom is 0.319 e. The number of carboxylic acid groups (broad SMARTS) is 1. The zero-order valence-electron chi connectivity index (χ0n) is 14.0. The molecule has 1 N–H and O–H groups in total. The van der Waals surface area contributed by atoms with E-state index in [2.05, 4.69) is 6.07 Å². The van der Waals surface area contributed by atoms with Crippen LogP contribution in [0.2, 0.25) is 0 Å². The molecule has 0 aliphatic rings. The number of thioether (sulfide) groups is 1. The molecule has 0 bridgehead atoms. The van der Waals surface area contributed by atoms with Crippen molar-refractivity contribution in [3.63, 3.8) is 0 Å². The second-order valence-corrected chi connectivity index (χ2v) is 7.93. The molecule has 0 aliphatic carbocycles. The van der Waals surface area contributed by atoms with E-state index in [1.807, 2.05) is 48.5 Å². The summed E-state index contributed by atoms with van der Waals surface area (Å²) in [6, 6.07) is 21.6. The number of aliphatic carboxylic acids is 1. The van der Waals surface area contributed by atoms with Gasteiger partial charge >= 0.3 is 5.97 Å². The van der Waals surface area contributed by atoms with Gasteiger partial charge in [-0.1, -0.05) is 42.5 Å². The summed E-state index contributed by atoms with van der Waals surface area (Å²) >= 11 is 1.34. The molecular weight excluding hydrogens is 330 g/mol. The van der Waals surface area contributed by atoms with E-state index in [-0.39, 0.29) is 0 Å². The summed E-state index contributed by atoms with van der Waals surface area (Å²) in [7, 11) is 0. The fourth-order valence-electron chi connectivity index (χ4n) is 2.66. The molecule has 3 aromatic rings. The Labute approximate surface area is 150 Å². The predicted octanol–water partition coefficient (Wildman–Crippen LogP) is 5.33. The summed E-state index contributed by atoms with van der Waals surface area (Å²) in [6.45, 7) is 3.41. The number of nitrogens with zero attached hydrogens (tertiary/aromatic N) is 1. The van der Waals surface area contributed by atoms with Gasteiger partial charge in [0, 0.05) is 10.5 Å². The van der Waals surface area contributed by atoms with Gasteiger partial charge in [0.2, 0.25) is 0 Å². The van der Waals surface area contributed by atoms with Crippen LogP contribution in [0.1, 0.15) is 19.4 Å². The number of nitriles is 1. The van der Waals surface area contributed by atoms with Gasteiger partial charge in [0.15, 0.2) is 0 Å². The molecule has 0 saturated heterocycles. The van der Waals surface area contributed by atoms with Gasteiger partial charge in [0.25, 0.3) is 0 Å². The Morgan fingerprint density at radius 3 is 2.36 bits per heavy atom. The van der Waals surface area contributed by atoms with Crippen molar-refractivity contribution in [3.05, 3.63) is 66.2 Å². The molecule has 0 aromatic heterocycles. The highest BCUT2D eigenvalue weighted by Crippen LogP contribution is 2.42. The van der Waals surface area contributed by atoms with Crippen LogP contribution in [-0.4, -0.2) is 15.8 Å². The fraction of sp³-hybridized carbons (Fsp3) is 0.143. The summed E-state index contributed by atoms with van der Waals surface area (Å²) < 4.78 is -0.941. The topological polar surface area (TPSA) is 61.1 Å². The van der Waals surface area contributed by atoms with Gasteiger partial charge in [-0.2, -0.15) is 5.26 Å². The Balaban J connectivity index is 2.23. The second kappa shape index (κ2) is 6.62. The standard InChI is InChI=1S/C21H17NO2S/c1-21(2,20(23)24)25-18-12-11-15-5-3-4-6-17(15)19(18)16-9-7-14(13-22)8-10-16/h3-12H,1-2H3,(H,23,24). The third kappa shape index (κ3) is 3.38. The molecule has 124 valence electrons. The molecule has 4 heteroatoms. The van der Waals surface area contributed by atoms with Crippen LogP contribution in [0.3, 0.4) is 0 Å². The van der Waals surface area contributed by atoms with Crippen molar-refractivity contribution in [1.82, 2.24) is 0 Å². The lowest BCUT2D eigenvalue weighted by atomic mass is 9.97. The highest BCUT2D eigenvalue weighted by atomic mass is 32.2. The molecule has 0 heterocycles. The average molecular weight is 347 g/mol. The lowest BCUT2D eigenvalue weighted by Crippen LogP contribution is -2.27. The fourth-order valence-corrected chi connectivity index (χ4v) is 3.77. The molecule has 0 spiro atoms. The summed E-state index contributed by atoms with van der Waals surface area (Å²) in [4.78, 5) is 12.5. The lowest BCUT2D eigenvalue weighted by molar-refractivity contribution is -0.138. The molecule has 0 amide bonds. The number of benzene rings is 3. The number of carbonyl (C=O) groups is 1. The third-order valence-electron chi connectivity index (χ3n) is 4.07. The number of carboxylic acids is 1. The maximum absolute atomic E-state index is 11.6. The van der Waals surface area contributed by atoms with Gasteiger partial charge in [0.05, 0.1) is 11.6 Å². The number of rotatable bonds is 4. The zero-order chi connectivity index (χ0) is 18.0. The molecule has 0 radical (unpaired) electrons. The van der Waals surface area contributed by atoms with Crippen molar-refractivity contribution in [3.8, 4) is 17.2 Å². The molecule has 3 nitrogen and oxygen atoms in total. The first-order valence-electron chi connectivity index (χ1n) is 7.87. The van der Waals surface area contributed by atoms with E-state index < -0.39 is 10.7 Å². The van der Waals surface area contributed by atoms with E-state index >= 15 is 0 Å². The van der Waals surface area contributed by atoms with Crippen molar-refractivity contribution >= 4 is 28.5 Å². The summed E-state index contributed by atoms with van der Waals surface area (Å²) in [6.07, 6.45) is 0. The highest BCUT2D eigenvalue weighted by Gasteiger charge is 2.30. The van der Waals surface area contributed by atoms with Crippen LogP contribution in [0.15, 0.2) is 65.6 Å². The molecule has 3 aromatic carbocycles. The van der Waals surface area contributed by atoms with E-state index in [4.69, 9.17) is 5.26 Å². The van der Waals surface area contributed by atoms with E-state index in [9.17, 15) is 9.90 Å². The Kier molecular flexibility index (Phi) is 4.52. The minimum Gasteiger partial charge on any atom is -0.480 e. The SMILES string of the molecule is CC(C)(Sc1ccc2ccccc2c1-c1ccc(C#N)cc1)C(=O)O. The zero-order valence-corrected chi connectivity index (χ0v) is 14.8. The minimum atomic E-state index is -0.941. The molecule has 25 heavy (non-hydrogen) atoms. The molecule has 0 fully saturated rings. The van der Waals surface area contributed by atoms with Crippen LogP contribution in [-0.2, 0) is 4.79 Å². The molecule has 0 atom stereocenters. The van der Waals surface area contributed by atoms with Gasteiger partial charge in [-0.05, 0) is 48.4 Å². The Morgan fingerprint density at radius 1 is 1.04 bits per heavy atom. The van der Waals surface area contributed by atoms with Gasteiger partial charge in [-0.25, -0.2) is 0 Å². The summed E-state index contributed by atoms with van der Waals surface area (Å²) in [5.41, 5.74) is 2.57. The first-order chi connectivity index (χ1) is 11.9. The van der Waals surface area contributed by atoms with Crippen molar-refractivity contribution in [1.29, 1.82) is 5.26 Å². The predicted molar refractivity (Wildman–Crippen MR) is 102 cm³/mol. The van der Waals surface area contributed by atoms with Crippen LogP contribution in [0, 0.1) is 11.3 Å². The van der Waals surface area contributed by atoms with E-state index in [1.165, 1.54) is 11.8 Å². The quantitative estimate of drug-likeness (QED) is 0.648. The third-order valence-corrected chi connectivity index (χ3v) is 5.32. The summed E-state index contributed by atoms with van der Waals surface area (Å²) in [5.74, 6) is -0.851. The molecular formula is C21H17NO2S. The molecule has 0 aliphatic heterocycles. The van der Waals surface area contributed by atoms with Gasteiger partial charge in [-0.3, -0.25) is 4.79 Å². The van der Waals surface area contributed by atoms with Crippen molar-refractivity contribution in [2.75, 3.05) is 0 Å². The van der Waals surface area contributed by atoms with Crippen LogP contribution in [0.25, 0.3) is 21.9 Å². The van der Waals surface area contributed by atoms with Gasteiger partial charge in [-0.15, -0.1) is 11.8 Å². The van der Waals surface area contributed by atoms with Crippen LogP contribution in [0.5, 0.6) is 0 Å². The highest BCUT2D eigenvalue weighted by molar-refractivity contribution is 8.01. The van der Waals surface area contributed by atoms with Gasteiger partial charge < -0.3 is 5.11 Å². The largest absolute Gasteiger partial charge is 0.480 e. The van der Waals surface area contributed by atoms with Crippen LogP contribution in [0.4, 0.5) is 0 Å². The summed E-state index contributed by atoms with van der Waals surface area (Å²) in [5, 5.41) is 20.7. The van der Waals surface area contributed by atoms with Crippen molar-refractivity contribution in [2.45, 2.75) is 23.5 Å². The second-order valence-electron chi connectivity index (χ2n) is 6.27. The van der Waals surface area contributed by atoms with Crippen LogP contribution < -0.4 is 0 Å². The number of hydrogen-bond donors (Lipinski definition) is 1. The number of fused-ring (bicyclic) bond motifs is 1. The Hall–Kier alpha value is -2.77. The smallest absolute Gasteiger partial charge is 0.319 e. The first-order valence-corrected chi connectivity index (χ1v) is 8.69. The monoisotopic (exact) mass is 347 g/mol. The van der Waals surface area contributed by atoms with Crippen molar-refractivity contribution in [2.24, 2.45) is 0 Å².